The van der Waals surface area contributed by atoms with Crippen LogP contribution in [0.5, 0.6) is 0 Å². The maximum absolute atomic E-state index is 10.4. The highest BCUT2D eigenvalue weighted by Gasteiger charge is 2.33. The van der Waals surface area contributed by atoms with Crippen LogP contribution < -0.4 is 0 Å². The number of hydrogen-bond acceptors (Lipinski definition) is 8. The number of aliphatic hydroxyl groups is 5. The van der Waals surface area contributed by atoms with Crippen molar-refractivity contribution >= 4 is 32.8 Å². The predicted octanol–water partition coefficient (Wildman–Crippen LogP) is -0.232. The molecule has 0 amide bonds. The molecule has 6 N–H and O–H groups in total. The normalized spacial score (nSPS) is 16.6. The Morgan fingerprint density at radius 1 is 0.852 bits per heavy atom. The Balaban J connectivity index is 1.90. The summed E-state index contributed by atoms with van der Waals surface area (Å²) >= 11 is 0. The number of H-pyrrole nitrogens is 1. The SMILES string of the molecule is OC[C@@H](O)[C@@H](O)[C@H](O)[C@H](O)c1nc2c3cccnc3c3ncccc3c2[nH]1. The molecule has 4 atom stereocenters. The number of benzene rings is 1. The summed E-state index contributed by atoms with van der Waals surface area (Å²) in [5.74, 6) is 0.0168. The third-order valence-electron chi connectivity index (χ3n) is 4.62. The van der Waals surface area contributed by atoms with Crippen molar-refractivity contribution in [3.8, 4) is 0 Å². The molecular weight excluding hydrogens is 352 g/mol. The first kappa shape index (κ1) is 17.7. The van der Waals surface area contributed by atoms with E-state index in [-0.39, 0.29) is 5.82 Å². The van der Waals surface area contributed by atoms with Gasteiger partial charge in [0.2, 0.25) is 0 Å². The molecule has 27 heavy (non-hydrogen) atoms. The molecule has 0 saturated carbocycles. The summed E-state index contributed by atoms with van der Waals surface area (Å²) in [6, 6.07) is 7.20. The zero-order chi connectivity index (χ0) is 19.1. The van der Waals surface area contributed by atoms with Crippen molar-refractivity contribution in [2.45, 2.75) is 24.4 Å². The Kier molecular flexibility index (Phi) is 4.46. The van der Waals surface area contributed by atoms with Crippen molar-refractivity contribution in [1.29, 1.82) is 0 Å². The molecule has 9 nitrogen and oxygen atoms in total. The number of fused-ring (bicyclic) bond motifs is 6. The van der Waals surface area contributed by atoms with Gasteiger partial charge >= 0.3 is 0 Å². The van der Waals surface area contributed by atoms with Crippen LogP contribution in [-0.4, -0.2) is 70.4 Å². The van der Waals surface area contributed by atoms with E-state index in [0.717, 1.165) is 10.8 Å². The number of nitrogens with one attached hydrogen (secondary N) is 1. The number of aliphatic hydroxyl groups excluding tert-OH is 5. The van der Waals surface area contributed by atoms with Crippen molar-refractivity contribution in [3.63, 3.8) is 0 Å². The van der Waals surface area contributed by atoms with Gasteiger partial charge in [0.05, 0.1) is 28.7 Å². The van der Waals surface area contributed by atoms with Crippen LogP contribution in [0.15, 0.2) is 36.7 Å². The van der Waals surface area contributed by atoms with Crippen LogP contribution in [0.4, 0.5) is 0 Å². The van der Waals surface area contributed by atoms with E-state index in [9.17, 15) is 20.4 Å². The lowest BCUT2D eigenvalue weighted by molar-refractivity contribution is -0.117. The van der Waals surface area contributed by atoms with E-state index < -0.39 is 31.0 Å². The van der Waals surface area contributed by atoms with Gasteiger partial charge in [-0.3, -0.25) is 9.97 Å². The smallest absolute Gasteiger partial charge is 0.140 e. The second-order valence-corrected chi connectivity index (χ2v) is 6.32. The van der Waals surface area contributed by atoms with Crippen LogP contribution in [-0.2, 0) is 0 Å². The molecule has 1 aromatic carbocycles. The first-order valence-electron chi connectivity index (χ1n) is 8.37. The van der Waals surface area contributed by atoms with Crippen molar-refractivity contribution < 1.29 is 25.5 Å². The van der Waals surface area contributed by atoms with Crippen LogP contribution >= 0.6 is 0 Å². The lowest BCUT2D eigenvalue weighted by atomic mass is 10.0. The molecule has 0 radical (unpaired) electrons. The van der Waals surface area contributed by atoms with E-state index in [1.165, 1.54) is 0 Å². The zero-order valence-electron chi connectivity index (χ0n) is 14.1. The minimum atomic E-state index is -1.75. The maximum Gasteiger partial charge on any atom is 0.140 e. The molecular formula is C18H18N4O5. The van der Waals surface area contributed by atoms with Gasteiger partial charge in [0.25, 0.3) is 0 Å². The molecule has 4 rings (SSSR count). The lowest BCUT2D eigenvalue weighted by Gasteiger charge is -2.24. The van der Waals surface area contributed by atoms with Crippen molar-refractivity contribution in [2.75, 3.05) is 6.61 Å². The summed E-state index contributed by atoms with van der Waals surface area (Å²) in [4.78, 5) is 16.1. The number of aromatic nitrogens is 4. The summed E-state index contributed by atoms with van der Waals surface area (Å²) in [6.45, 7) is -0.752. The van der Waals surface area contributed by atoms with E-state index in [0.29, 0.717) is 22.1 Å². The molecule has 0 spiro atoms. The molecule has 0 aliphatic rings. The van der Waals surface area contributed by atoms with Gasteiger partial charge in [-0.25, -0.2) is 4.98 Å². The van der Waals surface area contributed by atoms with Crippen LogP contribution in [0.25, 0.3) is 32.8 Å². The van der Waals surface area contributed by atoms with Gasteiger partial charge in [-0.2, -0.15) is 0 Å². The second kappa shape index (κ2) is 6.80. The van der Waals surface area contributed by atoms with Crippen molar-refractivity contribution in [2.24, 2.45) is 0 Å². The maximum atomic E-state index is 10.4. The Morgan fingerprint density at radius 3 is 2.15 bits per heavy atom. The summed E-state index contributed by atoms with van der Waals surface area (Å²) < 4.78 is 0. The highest BCUT2D eigenvalue weighted by atomic mass is 16.4. The van der Waals surface area contributed by atoms with Crippen molar-refractivity contribution in [1.82, 2.24) is 19.9 Å². The highest BCUT2D eigenvalue weighted by molar-refractivity contribution is 6.20. The zero-order valence-corrected chi connectivity index (χ0v) is 14.1. The third-order valence-corrected chi connectivity index (χ3v) is 4.62. The highest BCUT2D eigenvalue weighted by Crippen LogP contribution is 2.32. The fourth-order valence-electron chi connectivity index (χ4n) is 3.19. The quantitative estimate of drug-likeness (QED) is 0.263. The number of hydrogen-bond donors (Lipinski definition) is 6. The van der Waals surface area contributed by atoms with Gasteiger partial charge in [-0.05, 0) is 24.3 Å². The first-order chi connectivity index (χ1) is 13.0. The summed E-state index contributed by atoms with van der Waals surface area (Å²) in [5, 5.41) is 50.3. The van der Waals surface area contributed by atoms with E-state index in [4.69, 9.17) is 5.11 Å². The molecule has 140 valence electrons. The van der Waals surface area contributed by atoms with Gasteiger partial charge in [0, 0.05) is 23.2 Å². The molecule has 0 saturated heterocycles. The molecule has 0 bridgehead atoms. The van der Waals surface area contributed by atoms with E-state index in [1.54, 1.807) is 24.5 Å². The fourth-order valence-corrected chi connectivity index (χ4v) is 3.19. The summed E-state index contributed by atoms with van der Waals surface area (Å²) in [5.41, 5.74) is 2.47. The number of nitrogens with zero attached hydrogens (tertiary/aromatic N) is 3. The number of imidazole rings is 1. The Bertz CT molecular complexity index is 1040. The second-order valence-electron chi connectivity index (χ2n) is 6.32. The molecule has 0 unspecified atom stereocenters. The Morgan fingerprint density at radius 2 is 1.48 bits per heavy atom. The molecule has 4 aromatic rings. The number of pyridine rings is 2. The van der Waals surface area contributed by atoms with Crippen LogP contribution in [0.2, 0.25) is 0 Å². The first-order valence-corrected chi connectivity index (χ1v) is 8.37. The van der Waals surface area contributed by atoms with Crippen LogP contribution in [0.1, 0.15) is 11.9 Å². The largest absolute Gasteiger partial charge is 0.394 e. The Hall–Kier alpha value is -2.69. The third kappa shape index (κ3) is 2.82. The van der Waals surface area contributed by atoms with Crippen LogP contribution in [0, 0.1) is 0 Å². The molecule has 0 fully saturated rings. The fraction of sp³-hybridized carbons (Fsp3) is 0.278. The van der Waals surface area contributed by atoms with E-state index >= 15 is 0 Å². The average molecular weight is 370 g/mol. The molecule has 9 heteroatoms. The monoisotopic (exact) mass is 370 g/mol. The van der Waals surface area contributed by atoms with Gasteiger partial charge in [-0.15, -0.1) is 0 Å². The number of aromatic amines is 1. The van der Waals surface area contributed by atoms with Gasteiger partial charge in [-0.1, -0.05) is 0 Å². The number of rotatable bonds is 5. The van der Waals surface area contributed by atoms with Crippen LogP contribution in [0.3, 0.4) is 0 Å². The van der Waals surface area contributed by atoms with Crippen molar-refractivity contribution in [3.05, 3.63) is 42.5 Å². The standard InChI is InChI=1S/C18H18N4O5/c23-7-10(24)15(25)16(26)17(27)18-21-13-8-3-1-5-19-11(8)12-9(14(13)22-18)4-2-6-20-12/h1-6,10,15-17,23-27H,7H2,(H,21,22)/t10-,15-,16+,17+/m1/s1. The van der Waals surface area contributed by atoms with E-state index in [2.05, 4.69) is 19.9 Å². The average Bonchev–Trinajstić information content (AvgIpc) is 3.17. The van der Waals surface area contributed by atoms with Gasteiger partial charge < -0.3 is 30.5 Å². The topological polar surface area (TPSA) is 156 Å². The molecule has 3 aromatic heterocycles. The van der Waals surface area contributed by atoms with E-state index in [1.807, 2.05) is 12.1 Å². The minimum absolute atomic E-state index is 0.0168. The lowest BCUT2D eigenvalue weighted by Crippen LogP contribution is -2.42. The molecule has 0 aliphatic carbocycles. The Labute approximate surface area is 152 Å². The predicted molar refractivity (Wildman–Crippen MR) is 96.8 cm³/mol. The minimum Gasteiger partial charge on any atom is -0.394 e. The summed E-state index contributed by atoms with van der Waals surface area (Å²) in [6.07, 6.45) is -3.37. The van der Waals surface area contributed by atoms with Gasteiger partial charge in [0.1, 0.15) is 30.2 Å². The summed E-state index contributed by atoms with van der Waals surface area (Å²) in [7, 11) is 0. The molecule has 3 heterocycles. The van der Waals surface area contributed by atoms with Gasteiger partial charge in [0.15, 0.2) is 0 Å². The molecule has 0 aliphatic heterocycles.